The maximum atomic E-state index is 12.7. The SMILES string of the molecule is CC1(N2C(=O)c3ccccc3C2=O)CC1(C(=O)O)c1ccccc1. The Bertz CT molecular complexity index is 856. The van der Waals surface area contributed by atoms with Gasteiger partial charge in [0.15, 0.2) is 0 Å². The van der Waals surface area contributed by atoms with Crippen LogP contribution >= 0.6 is 0 Å². The lowest BCUT2D eigenvalue weighted by Crippen LogP contribution is -2.47. The number of nitrogens with zero attached hydrogens (tertiary/aromatic N) is 1. The summed E-state index contributed by atoms with van der Waals surface area (Å²) < 4.78 is 0. The molecule has 0 aromatic heterocycles. The number of carbonyl (C=O) groups is 3. The van der Waals surface area contributed by atoms with Crippen LogP contribution in [0.2, 0.25) is 0 Å². The van der Waals surface area contributed by atoms with Crippen molar-refractivity contribution in [3.05, 3.63) is 71.3 Å². The fraction of sp³-hybridized carbons (Fsp3) is 0.211. The minimum absolute atomic E-state index is 0.213. The summed E-state index contributed by atoms with van der Waals surface area (Å²) >= 11 is 0. The van der Waals surface area contributed by atoms with Gasteiger partial charge in [-0.05, 0) is 31.0 Å². The third kappa shape index (κ3) is 1.56. The number of benzene rings is 2. The summed E-state index contributed by atoms with van der Waals surface area (Å²) in [7, 11) is 0. The van der Waals surface area contributed by atoms with E-state index in [2.05, 4.69) is 0 Å². The second-order valence-electron chi connectivity index (χ2n) is 6.52. The van der Waals surface area contributed by atoms with Crippen LogP contribution in [0.1, 0.15) is 39.6 Å². The van der Waals surface area contributed by atoms with E-state index in [0.29, 0.717) is 16.7 Å². The molecule has 24 heavy (non-hydrogen) atoms. The van der Waals surface area contributed by atoms with Crippen LogP contribution in [0.15, 0.2) is 54.6 Å². The fourth-order valence-electron chi connectivity index (χ4n) is 3.94. The summed E-state index contributed by atoms with van der Waals surface area (Å²) in [5.41, 5.74) is -1.06. The molecular formula is C19H15NO4. The molecule has 2 aromatic rings. The predicted molar refractivity (Wildman–Crippen MR) is 85.7 cm³/mol. The number of rotatable bonds is 3. The average molecular weight is 321 g/mol. The van der Waals surface area contributed by atoms with E-state index in [1.807, 2.05) is 0 Å². The van der Waals surface area contributed by atoms with Crippen LogP contribution in [-0.4, -0.2) is 33.3 Å². The third-order valence-electron chi connectivity index (χ3n) is 5.32. The Morgan fingerprint density at radius 2 is 1.46 bits per heavy atom. The standard InChI is InChI=1S/C19H15NO4/c1-18(11-19(18,17(23)24)12-7-3-2-4-8-12)20-15(21)13-9-5-6-10-14(13)16(20)22/h2-10H,11H2,1H3,(H,23,24). The second kappa shape index (κ2) is 4.54. The predicted octanol–water partition coefficient (Wildman–Crippen LogP) is 2.47. The highest BCUT2D eigenvalue weighted by molar-refractivity contribution is 6.22. The number of aliphatic carboxylic acids is 1. The number of carbonyl (C=O) groups excluding carboxylic acids is 2. The van der Waals surface area contributed by atoms with Gasteiger partial charge in [-0.2, -0.15) is 0 Å². The largest absolute Gasteiger partial charge is 0.481 e. The summed E-state index contributed by atoms with van der Waals surface area (Å²) in [6.07, 6.45) is 0.213. The molecule has 0 spiro atoms. The van der Waals surface area contributed by atoms with Crippen molar-refractivity contribution in [3.63, 3.8) is 0 Å². The number of hydrogen-bond acceptors (Lipinski definition) is 3. The molecule has 1 fully saturated rings. The van der Waals surface area contributed by atoms with Gasteiger partial charge < -0.3 is 5.11 Å². The smallest absolute Gasteiger partial charge is 0.316 e. The van der Waals surface area contributed by atoms with Gasteiger partial charge in [0.2, 0.25) is 0 Å². The van der Waals surface area contributed by atoms with E-state index in [4.69, 9.17) is 0 Å². The van der Waals surface area contributed by atoms with Crippen molar-refractivity contribution in [2.45, 2.75) is 24.3 Å². The first-order valence-corrected chi connectivity index (χ1v) is 7.70. The first-order valence-electron chi connectivity index (χ1n) is 7.70. The molecule has 2 aromatic carbocycles. The fourth-order valence-corrected chi connectivity index (χ4v) is 3.94. The number of amides is 2. The van der Waals surface area contributed by atoms with Crippen molar-refractivity contribution in [3.8, 4) is 0 Å². The maximum Gasteiger partial charge on any atom is 0.316 e. The molecule has 2 unspecified atom stereocenters. The van der Waals surface area contributed by atoms with E-state index in [1.54, 1.807) is 61.5 Å². The molecule has 2 atom stereocenters. The summed E-state index contributed by atoms with van der Waals surface area (Å²) in [5.74, 6) is -1.86. The van der Waals surface area contributed by atoms with Crippen LogP contribution in [0.4, 0.5) is 0 Å². The van der Waals surface area contributed by atoms with Gasteiger partial charge in [-0.15, -0.1) is 0 Å². The Morgan fingerprint density at radius 1 is 0.958 bits per heavy atom. The van der Waals surface area contributed by atoms with Crippen molar-refractivity contribution in [1.82, 2.24) is 4.90 Å². The second-order valence-corrected chi connectivity index (χ2v) is 6.52. The topological polar surface area (TPSA) is 74.7 Å². The van der Waals surface area contributed by atoms with E-state index in [0.717, 1.165) is 4.90 Å². The minimum Gasteiger partial charge on any atom is -0.481 e. The van der Waals surface area contributed by atoms with Crippen LogP contribution in [0.25, 0.3) is 0 Å². The van der Waals surface area contributed by atoms with Gasteiger partial charge in [-0.1, -0.05) is 42.5 Å². The molecule has 1 heterocycles. The van der Waals surface area contributed by atoms with Crippen molar-refractivity contribution in [2.75, 3.05) is 0 Å². The molecule has 1 aliphatic heterocycles. The first-order chi connectivity index (χ1) is 11.4. The van der Waals surface area contributed by atoms with Crippen molar-refractivity contribution < 1.29 is 19.5 Å². The lowest BCUT2D eigenvalue weighted by atomic mass is 9.90. The van der Waals surface area contributed by atoms with E-state index in [1.165, 1.54) is 0 Å². The van der Waals surface area contributed by atoms with Gasteiger partial charge in [0.25, 0.3) is 11.8 Å². The molecule has 4 rings (SSSR count). The first kappa shape index (κ1) is 14.6. The Hall–Kier alpha value is -2.95. The van der Waals surface area contributed by atoms with Crippen molar-refractivity contribution >= 4 is 17.8 Å². The van der Waals surface area contributed by atoms with Gasteiger partial charge in [0, 0.05) is 0 Å². The monoisotopic (exact) mass is 321 g/mol. The summed E-state index contributed by atoms with van der Waals surface area (Å²) in [6.45, 7) is 1.68. The molecule has 0 radical (unpaired) electrons. The highest BCUT2D eigenvalue weighted by Crippen LogP contribution is 2.62. The zero-order valence-corrected chi connectivity index (χ0v) is 13.0. The van der Waals surface area contributed by atoms with Crippen LogP contribution in [-0.2, 0) is 10.2 Å². The average Bonchev–Trinajstić information content (AvgIpc) is 3.15. The number of carboxylic acids is 1. The van der Waals surface area contributed by atoms with Crippen LogP contribution in [0, 0.1) is 0 Å². The van der Waals surface area contributed by atoms with Crippen LogP contribution < -0.4 is 0 Å². The highest BCUT2D eigenvalue weighted by atomic mass is 16.4. The molecule has 5 heteroatoms. The van der Waals surface area contributed by atoms with Gasteiger partial charge in [0.1, 0.15) is 5.41 Å². The lowest BCUT2D eigenvalue weighted by molar-refractivity contribution is -0.141. The van der Waals surface area contributed by atoms with E-state index in [-0.39, 0.29) is 6.42 Å². The van der Waals surface area contributed by atoms with Crippen molar-refractivity contribution in [2.24, 2.45) is 0 Å². The Labute approximate surface area is 138 Å². The summed E-state index contributed by atoms with van der Waals surface area (Å²) in [6, 6.07) is 15.4. The Balaban J connectivity index is 1.83. The molecule has 0 saturated heterocycles. The maximum absolute atomic E-state index is 12.7. The van der Waals surface area contributed by atoms with E-state index in [9.17, 15) is 19.5 Å². The minimum atomic E-state index is -1.26. The molecule has 5 nitrogen and oxygen atoms in total. The van der Waals surface area contributed by atoms with E-state index < -0.39 is 28.7 Å². The highest BCUT2D eigenvalue weighted by Gasteiger charge is 2.76. The van der Waals surface area contributed by atoms with Gasteiger partial charge in [-0.25, -0.2) is 0 Å². The Morgan fingerprint density at radius 3 is 1.96 bits per heavy atom. The van der Waals surface area contributed by atoms with Gasteiger partial charge >= 0.3 is 5.97 Å². The lowest BCUT2D eigenvalue weighted by Gasteiger charge is -2.27. The van der Waals surface area contributed by atoms with Crippen LogP contribution in [0.3, 0.4) is 0 Å². The number of imide groups is 1. The van der Waals surface area contributed by atoms with Gasteiger partial charge in [0.05, 0.1) is 16.7 Å². The number of fused-ring (bicyclic) bond motifs is 1. The zero-order valence-electron chi connectivity index (χ0n) is 13.0. The summed E-state index contributed by atoms with van der Waals surface area (Å²) in [4.78, 5) is 38.7. The molecule has 2 aliphatic rings. The summed E-state index contributed by atoms with van der Waals surface area (Å²) in [5, 5.41) is 9.89. The molecule has 2 amide bonds. The molecule has 120 valence electrons. The Kier molecular flexibility index (Phi) is 2.77. The molecule has 1 saturated carbocycles. The van der Waals surface area contributed by atoms with E-state index >= 15 is 0 Å². The normalized spacial score (nSPS) is 28.0. The number of carboxylic acid groups (broad SMARTS) is 1. The molecule has 0 bridgehead atoms. The zero-order chi connectivity index (χ0) is 17.1. The number of hydrogen-bond donors (Lipinski definition) is 1. The van der Waals surface area contributed by atoms with Gasteiger partial charge in [-0.3, -0.25) is 19.3 Å². The molecular weight excluding hydrogens is 306 g/mol. The quantitative estimate of drug-likeness (QED) is 0.881. The molecule has 1 N–H and O–H groups in total. The molecule has 1 aliphatic carbocycles. The third-order valence-corrected chi connectivity index (χ3v) is 5.32. The van der Waals surface area contributed by atoms with Crippen molar-refractivity contribution in [1.29, 1.82) is 0 Å². The van der Waals surface area contributed by atoms with Crippen LogP contribution in [0.5, 0.6) is 0 Å².